The summed E-state index contributed by atoms with van der Waals surface area (Å²) >= 11 is -0.244. The molecule has 0 bridgehead atoms. The van der Waals surface area contributed by atoms with Gasteiger partial charge in [-0.25, -0.2) is 14.6 Å². The molecule has 13 heteroatoms. The van der Waals surface area contributed by atoms with E-state index in [0.29, 0.717) is 12.2 Å². The highest BCUT2D eigenvalue weighted by Crippen LogP contribution is 2.29. The molecule has 1 aliphatic heterocycles. The molecular formula is C23H28F3N3O6S. The number of halogens is 3. The minimum atomic E-state index is -4.39. The molecule has 36 heavy (non-hydrogen) atoms. The Labute approximate surface area is 210 Å². The second kappa shape index (κ2) is 11.9. The summed E-state index contributed by atoms with van der Waals surface area (Å²) in [6.45, 7) is 5.02. The van der Waals surface area contributed by atoms with E-state index in [1.165, 1.54) is 6.39 Å². The number of alkyl halides is 3. The van der Waals surface area contributed by atoms with Gasteiger partial charge in [0.25, 0.3) is 0 Å². The first-order chi connectivity index (χ1) is 16.9. The van der Waals surface area contributed by atoms with Gasteiger partial charge in [0.1, 0.15) is 5.60 Å². The van der Waals surface area contributed by atoms with Crippen LogP contribution in [0.15, 0.2) is 41.3 Å². The quantitative estimate of drug-likeness (QED) is 0.375. The molecule has 1 saturated heterocycles. The van der Waals surface area contributed by atoms with Gasteiger partial charge in [-0.2, -0.15) is 13.2 Å². The number of thioether (sulfide) groups is 1. The highest BCUT2D eigenvalue weighted by molar-refractivity contribution is 8.00. The normalized spacial score (nSPS) is 20.1. The molecule has 198 valence electrons. The monoisotopic (exact) mass is 531 g/mol. The Kier molecular flexibility index (Phi) is 9.12. The fourth-order valence-corrected chi connectivity index (χ4v) is 3.95. The first kappa shape index (κ1) is 27.7. The lowest BCUT2D eigenvalue weighted by atomic mass is 10.00. The van der Waals surface area contributed by atoms with Gasteiger partial charge in [0.15, 0.2) is 24.4 Å². The first-order valence-corrected chi connectivity index (χ1v) is 12.1. The van der Waals surface area contributed by atoms with Crippen molar-refractivity contribution in [2.24, 2.45) is 0 Å². The largest absolute Gasteiger partial charge is 0.509 e. The van der Waals surface area contributed by atoms with Crippen LogP contribution in [0.2, 0.25) is 0 Å². The van der Waals surface area contributed by atoms with Crippen LogP contribution < -0.4 is 10.6 Å². The summed E-state index contributed by atoms with van der Waals surface area (Å²) in [7, 11) is 0. The predicted octanol–water partition coefficient (Wildman–Crippen LogP) is 4.52. The molecule has 1 amide bonds. The Balaban J connectivity index is 1.64. The molecule has 0 radical (unpaired) electrons. The topological polar surface area (TPSA) is 112 Å². The lowest BCUT2D eigenvalue weighted by molar-refractivity contribution is -0.0517. The Hall–Kier alpha value is -2.93. The highest BCUT2D eigenvalue weighted by atomic mass is 32.2. The van der Waals surface area contributed by atoms with Crippen LogP contribution in [0, 0.1) is 0 Å². The zero-order chi connectivity index (χ0) is 26.3. The number of nitrogens with zero attached hydrogens (tertiary/aromatic N) is 1. The summed E-state index contributed by atoms with van der Waals surface area (Å²) in [5.74, 6) is 0.258. The predicted molar refractivity (Wildman–Crippen MR) is 125 cm³/mol. The number of aromatic nitrogens is 1. The molecule has 0 aliphatic carbocycles. The second-order valence-electron chi connectivity index (χ2n) is 8.99. The third kappa shape index (κ3) is 8.94. The average Bonchev–Trinajstić information content (AvgIpc) is 3.42. The van der Waals surface area contributed by atoms with Crippen LogP contribution >= 0.6 is 11.8 Å². The van der Waals surface area contributed by atoms with Crippen molar-refractivity contribution in [2.45, 2.75) is 56.6 Å². The fourth-order valence-electron chi connectivity index (χ4n) is 3.51. The van der Waals surface area contributed by atoms with E-state index >= 15 is 0 Å². The van der Waals surface area contributed by atoms with Crippen molar-refractivity contribution in [1.82, 2.24) is 15.6 Å². The summed E-state index contributed by atoms with van der Waals surface area (Å²) in [4.78, 5) is 28.4. The zero-order valence-electron chi connectivity index (χ0n) is 20.0. The molecule has 1 aromatic heterocycles. The molecule has 1 aliphatic rings. The fraction of sp³-hybridized carbons (Fsp3) is 0.522. The Morgan fingerprint density at radius 1 is 1.19 bits per heavy atom. The number of carbonyl (C=O) groups excluding carboxylic acids is 2. The van der Waals surface area contributed by atoms with E-state index < -0.39 is 41.6 Å². The van der Waals surface area contributed by atoms with E-state index in [0.717, 1.165) is 11.1 Å². The van der Waals surface area contributed by atoms with Crippen molar-refractivity contribution >= 4 is 24.0 Å². The summed E-state index contributed by atoms with van der Waals surface area (Å²) in [5, 5.41) is 5.49. The van der Waals surface area contributed by atoms with Crippen molar-refractivity contribution in [3.8, 4) is 11.3 Å². The Morgan fingerprint density at radius 2 is 1.92 bits per heavy atom. The number of amides is 1. The van der Waals surface area contributed by atoms with Gasteiger partial charge in [-0.05, 0) is 44.5 Å². The molecule has 3 atom stereocenters. The van der Waals surface area contributed by atoms with E-state index in [1.54, 1.807) is 27.0 Å². The molecule has 0 spiro atoms. The standard InChI is InChI=1S/C23H28F3N3O6S/c1-22(2,3)35-21(31)33-18-12-29-16(19(18)34-20(30)28-8-9-36-23(24,25)26)10-14-4-6-15(7-5-14)17-11-27-13-32-17/h4-7,11,13,16,18-19,29H,8-10,12H2,1-3H3,(H,28,30)/t16-,18?,19+/m1/s1. The number of hydrogen-bond donors (Lipinski definition) is 2. The van der Waals surface area contributed by atoms with E-state index in [2.05, 4.69) is 15.6 Å². The highest BCUT2D eigenvalue weighted by Gasteiger charge is 2.42. The third-order valence-corrected chi connectivity index (χ3v) is 5.72. The van der Waals surface area contributed by atoms with Crippen molar-refractivity contribution in [3.05, 3.63) is 42.4 Å². The summed E-state index contributed by atoms with van der Waals surface area (Å²) < 4.78 is 58.3. The van der Waals surface area contributed by atoms with Gasteiger partial charge in [0.2, 0.25) is 0 Å². The molecule has 1 fully saturated rings. The van der Waals surface area contributed by atoms with Crippen LogP contribution in [-0.2, 0) is 20.6 Å². The molecule has 9 nitrogen and oxygen atoms in total. The molecule has 3 rings (SSSR count). The first-order valence-electron chi connectivity index (χ1n) is 11.2. The minimum absolute atomic E-state index is 0.196. The van der Waals surface area contributed by atoms with Crippen LogP contribution in [0.1, 0.15) is 26.3 Å². The van der Waals surface area contributed by atoms with Crippen LogP contribution in [0.4, 0.5) is 22.8 Å². The van der Waals surface area contributed by atoms with Gasteiger partial charge in [-0.1, -0.05) is 24.3 Å². The van der Waals surface area contributed by atoms with Crippen molar-refractivity contribution in [3.63, 3.8) is 0 Å². The summed E-state index contributed by atoms with van der Waals surface area (Å²) in [5.41, 5.74) is -3.42. The number of oxazole rings is 1. The van der Waals surface area contributed by atoms with Crippen molar-refractivity contribution in [2.75, 3.05) is 18.8 Å². The maximum Gasteiger partial charge on any atom is 0.509 e. The van der Waals surface area contributed by atoms with Gasteiger partial charge in [-0.15, -0.1) is 0 Å². The van der Waals surface area contributed by atoms with Crippen LogP contribution in [0.5, 0.6) is 0 Å². The molecule has 2 aromatic rings. The van der Waals surface area contributed by atoms with Crippen molar-refractivity contribution in [1.29, 1.82) is 0 Å². The van der Waals surface area contributed by atoms with E-state index in [9.17, 15) is 22.8 Å². The number of benzene rings is 1. The molecule has 1 unspecified atom stereocenters. The van der Waals surface area contributed by atoms with Gasteiger partial charge < -0.3 is 29.3 Å². The van der Waals surface area contributed by atoms with Gasteiger partial charge >= 0.3 is 17.8 Å². The summed E-state index contributed by atoms with van der Waals surface area (Å²) in [6.07, 6.45) is -0.216. The molecule has 2 heterocycles. The number of hydrogen-bond acceptors (Lipinski definition) is 9. The smallest absolute Gasteiger partial charge is 0.444 e. The van der Waals surface area contributed by atoms with Crippen LogP contribution in [0.3, 0.4) is 0 Å². The van der Waals surface area contributed by atoms with Crippen LogP contribution in [0.25, 0.3) is 11.3 Å². The molecule has 2 N–H and O–H groups in total. The SMILES string of the molecule is CC(C)(C)OC(=O)OC1CN[C@H](Cc2ccc(-c3cnco3)cc2)[C@@H]1OC(=O)NCCSC(F)(F)F. The van der Waals surface area contributed by atoms with Crippen LogP contribution in [-0.4, -0.2) is 65.4 Å². The Morgan fingerprint density at radius 3 is 2.53 bits per heavy atom. The molecule has 0 saturated carbocycles. The maximum atomic E-state index is 12.3. The lowest BCUT2D eigenvalue weighted by Gasteiger charge is -2.26. The zero-order valence-corrected chi connectivity index (χ0v) is 20.8. The number of rotatable bonds is 8. The molecule has 1 aromatic carbocycles. The van der Waals surface area contributed by atoms with E-state index in [1.807, 2.05) is 24.3 Å². The maximum absolute atomic E-state index is 12.3. The third-order valence-electron chi connectivity index (χ3n) is 4.99. The summed E-state index contributed by atoms with van der Waals surface area (Å²) in [6, 6.07) is 7.06. The van der Waals surface area contributed by atoms with E-state index in [-0.39, 0.29) is 30.6 Å². The lowest BCUT2D eigenvalue weighted by Crippen LogP contribution is -2.43. The van der Waals surface area contributed by atoms with Gasteiger partial charge in [0, 0.05) is 24.4 Å². The van der Waals surface area contributed by atoms with Gasteiger partial charge in [0.05, 0.1) is 12.2 Å². The van der Waals surface area contributed by atoms with Crippen molar-refractivity contribution < 1.29 is 41.4 Å². The number of carbonyl (C=O) groups is 2. The number of ether oxygens (including phenoxy) is 3. The average molecular weight is 532 g/mol. The molecular weight excluding hydrogens is 503 g/mol. The number of nitrogens with one attached hydrogen (secondary N) is 2. The van der Waals surface area contributed by atoms with E-state index in [4.69, 9.17) is 18.6 Å². The Bertz CT molecular complexity index is 996. The number of alkyl carbamates (subject to hydrolysis) is 1. The van der Waals surface area contributed by atoms with Gasteiger partial charge in [-0.3, -0.25) is 0 Å². The minimum Gasteiger partial charge on any atom is -0.444 e. The second-order valence-corrected chi connectivity index (χ2v) is 10.2.